The highest BCUT2D eigenvalue weighted by molar-refractivity contribution is 7.15. The van der Waals surface area contributed by atoms with Crippen molar-refractivity contribution in [3.8, 4) is 11.8 Å². The Balaban J connectivity index is 1.62. The van der Waals surface area contributed by atoms with Gasteiger partial charge in [0, 0.05) is 23.5 Å². The number of rotatable bonds is 5. The zero-order valence-electron chi connectivity index (χ0n) is 16.5. The molecule has 1 amide bonds. The van der Waals surface area contributed by atoms with Gasteiger partial charge in [-0.05, 0) is 41.1 Å². The van der Waals surface area contributed by atoms with Gasteiger partial charge in [-0.25, -0.2) is 0 Å². The lowest BCUT2D eigenvalue weighted by molar-refractivity contribution is -0.112. The number of nitriles is 1. The molecule has 2 heterocycles. The van der Waals surface area contributed by atoms with Crippen LogP contribution < -0.4 is 5.32 Å². The Kier molecular flexibility index (Phi) is 5.42. The summed E-state index contributed by atoms with van der Waals surface area (Å²) in [5.74, 6) is -0.278. The van der Waals surface area contributed by atoms with Crippen LogP contribution in [0.5, 0.6) is 0 Å². The highest BCUT2D eigenvalue weighted by atomic mass is 32.1. The molecule has 0 fully saturated rings. The molecule has 148 valence electrons. The van der Waals surface area contributed by atoms with Crippen LogP contribution in [-0.4, -0.2) is 20.7 Å². The maximum Gasteiger partial charge on any atom is 0.268 e. The van der Waals surface area contributed by atoms with Gasteiger partial charge in [0.05, 0.1) is 0 Å². The van der Waals surface area contributed by atoms with Crippen LogP contribution in [0.1, 0.15) is 30.5 Å². The summed E-state index contributed by atoms with van der Waals surface area (Å²) in [4.78, 5) is 12.6. The Labute approximate surface area is 178 Å². The minimum absolute atomic E-state index is 0.00274. The van der Waals surface area contributed by atoms with Crippen molar-refractivity contribution in [2.45, 2.75) is 19.8 Å². The number of aromatic nitrogens is 3. The minimum atomic E-state index is -0.504. The van der Waals surface area contributed by atoms with Gasteiger partial charge in [-0.3, -0.25) is 10.1 Å². The number of carbonyl (C=O) groups is 1. The van der Waals surface area contributed by atoms with Gasteiger partial charge in [-0.15, -0.1) is 10.2 Å². The lowest BCUT2D eigenvalue weighted by Gasteiger charge is -2.09. The normalized spacial score (nSPS) is 11.6. The van der Waals surface area contributed by atoms with E-state index in [1.165, 1.54) is 11.3 Å². The highest BCUT2D eigenvalue weighted by Gasteiger charge is 2.15. The zero-order valence-corrected chi connectivity index (χ0v) is 17.4. The molecule has 0 spiro atoms. The second kappa shape index (κ2) is 8.31. The first kappa shape index (κ1) is 19.6. The first-order valence-corrected chi connectivity index (χ1v) is 10.3. The molecule has 0 bridgehead atoms. The Hall–Kier alpha value is -3.76. The molecule has 4 aromatic rings. The molecule has 30 heavy (non-hydrogen) atoms. The fourth-order valence-corrected chi connectivity index (χ4v) is 3.79. The second-order valence-corrected chi connectivity index (χ2v) is 8.07. The summed E-state index contributed by atoms with van der Waals surface area (Å²) in [7, 11) is 0. The smallest absolute Gasteiger partial charge is 0.268 e. The quantitative estimate of drug-likeness (QED) is 0.362. The van der Waals surface area contributed by atoms with Gasteiger partial charge in [-0.2, -0.15) is 5.26 Å². The molecule has 2 aromatic carbocycles. The fourth-order valence-electron chi connectivity index (χ4n) is 3.05. The lowest BCUT2D eigenvalue weighted by atomic mass is 10.1. The lowest BCUT2D eigenvalue weighted by Crippen LogP contribution is -2.13. The van der Waals surface area contributed by atoms with E-state index in [2.05, 4.69) is 39.8 Å². The van der Waals surface area contributed by atoms with Crippen molar-refractivity contribution in [1.29, 1.82) is 5.26 Å². The molecule has 4 rings (SSSR count). The van der Waals surface area contributed by atoms with Crippen molar-refractivity contribution in [2.24, 2.45) is 0 Å². The minimum Gasteiger partial charge on any atom is -0.317 e. The number of hydrogen-bond donors (Lipinski definition) is 1. The van der Waals surface area contributed by atoms with Crippen molar-refractivity contribution < 1.29 is 4.79 Å². The number of fused-ring (bicyclic) bond motifs is 1. The molecular formula is C23H19N5OS. The highest BCUT2D eigenvalue weighted by Crippen LogP contribution is 2.24. The van der Waals surface area contributed by atoms with E-state index in [0.29, 0.717) is 5.13 Å². The molecule has 0 saturated heterocycles. The van der Waals surface area contributed by atoms with Crippen LogP contribution in [0, 0.1) is 11.3 Å². The van der Waals surface area contributed by atoms with E-state index in [4.69, 9.17) is 0 Å². The maximum absolute atomic E-state index is 12.6. The molecule has 0 aliphatic rings. The Morgan fingerprint density at radius 1 is 1.13 bits per heavy atom. The topological polar surface area (TPSA) is 83.6 Å². The van der Waals surface area contributed by atoms with Crippen LogP contribution in [0.3, 0.4) is 0 Å². The van der Waals surface area contributed by atoms with Crippen molar-refractivity contribution in [1.82, 2.24) is 14.8 Å². The van der Waals surface area contributed by atoms with Crippen LogP contribution in [0.25, 0.3) is 22.5 Å². The third kappa shape index (κ3) is 4.00. The molecule has 7 heteroatoms. The van der Waals surface area contributed by atoms with Crippen LogP contribution >= 0.6 is 11.3 Å². The van der Waals surface area contributed by atoms with E-state index in [0.717, 1.165) is 27.2 Å². The number of hydrogen-bond acceptors (Lipinski definition) is 5. The summed E-state index contributed by atoms with van der Waals surface area (Å²) >= 11 is 1.31. The van der Waals surface area contributed by atoms with Crippen molar-refractivity contribution in [3.63, 3.8) is 0 Å². The van der Waals surface area contributed by atoms with Crippen LogP contribution in [0.15, 0.2) is 66.4 Å². The van der Waals surface area contributed by atoms with Crippen LogP contribution in [-0.2, 0) is 4.79 Å². The number of amides is 1. The van der Waals surface area contributed by atoms with E-state index >= 15 is 0 Å². The van der Waals surface area contributed by atoms with E-state index in [-0.39, 0.29) is 11.5 Å². The molecule has 2 aromatic heterocycles. The Morgan fingerprint density at radius 2 is 1.93 bits per heavy atom. The summed E-state index contributed by atoms with van der Waals surface area (Å²) in [6.07, 6.45) is 3.48. The number of carbonyl (C=O) groups excluding carboxylic acids is 1. The van der Waals surface area contributed by atoms with Crippen LogP contribution in [0.4, 0.5) is 5.13 Å². The van der Waals surface area contributed by atoms with Crippen LogP contribution in [0.2, 0.25) is 0 Å². The fraction of sp³-hybridized carbons (Fsp3) is 0.130. The largest absolute Gasteiger partial charge is 0.317 e. The number of nitrogens with zero attached hydrogens (tertiary/aromatic N) is 4. The molecule has 0 aliphatic heterocycles. The van der Waals surface area contributed by atoms with Crippen molar-refractivity contribution in [2.75, 3.05) is 5.32 Å². The third-order valence-corrected chi connectivity index (χ3v) is 5.74. The van der Waals surface area contributed by atoms with Gasteiger partial charge in [0.25, 0.3) is 5.91 Å². The predicted octanol–water partition coefficient (Wildman–Crippen LogP) is 5.15. The standard InChI is InChI=1S/C23H19N5OS/c1-15(2)22-26-27-23(30-22)25-21(29)18(14-24)13-19-8-5-11-28(19)20-10-9-16-6-3-4-7-17(16)12-20/h3-13,15H,1-2H3,(H,25,27,29)/b18-13-. The molecular weight excluding hydrogens is 394 g/mol. The maximum atomic E-state index is 12.6. The SMILES string of the molecule is CC(C)c1nnc(NC(=O)/C(C#N)=C\c2cccn2-c2ccc3ccccc3c2)s1. The van der Waals surface area contributed by atoms with E-state index in [1.807, 2.05) is 61.0 Å². The summed E-state index contributed by atoms with van der Waals surface area (Å²) in [6.45, 7) is 4.02. The molecule has 0 radical (unpaired) electrons. The third-order valence-electron chi connectivity index (χ3n) is 4.60. The average molecular weight is 414 g/mol. The van der Waals surface area contributed by atoms with E-state index < -0.39 is 5.91 Å². The molecule has 0 saturated carbocycles. The Bertz CT molecular complexity index is 1290. The average Bonchev–Trinajstić information content (AvgIpc) is 3.41. The summed E-state index contributed by atoms with van der Waals surface area (Å²) in [6, 6.07) is 20.0. The predicted molar refractivity (Wildman–Crippen MR) is 119 cm³/mol. The second-order valence-electron chi connectivity index (χ2n) is 7.06. The van der Waals surface area contributed by atoms with Gasteiger partial charge in [0.2, 0.25) is 5.13 Å². The summed E-state index contributed by atoms with van der Waals surface area (Å²) < 4.78 is 1.94. The van der Waals surface area contributed by atoms with Crippen molar-refractivity contribution in [3.05, 3.63) is 77.1 Å². The van der Waals surface area contributed by atoms with Gasteiger partial charge in [0.1, 0.15) is 16.6 Å². The van der Waals surface area contributed by atoms with Gasteiger partial charge < -0.3 is 4.57 Å². The van der Waals surface area contributed by atoms with Crippen molar-refractivity contribution >= 4 is 39.2 Å². The zero-order chi connectivity index (χ0) is 21.1. The summed E-state index contributed by atoms with van der Waals surface area (Å²) in [5, 5.41) is 23.7. The van der Waals surface area contributed by atoms with E-state index in [9.17, 15) is 10.1 Å². The molecule has 0 unspecified atom stereocenters. The number of anilines is 1. The van der Waals surface area contributed by atoms with Gasteiger partial charge in [0.15, 0.2) is 0 Å². The molecule has 0 aliphatic carbocycles. The first-order valence-electron chi connectivity index (χ1n) is 9.48. The van der Waals surface area contributed by atoms with Gasteiger partial charge >= 0.3 is 0 Å². The number of nitrogens with one attached hydrogen (secondary N) is 1. The number of benzene rings is 2. The molecule has 6 nitrogen and oxygen atoms in total. The monoisotopic (exact) mass is 413 g/mol. The van der Waals surface area contributed by atoms with Gasteiger partial charge in [-0.1, -0.05) is 55.5 Å². The molecule has 0 atom stereocenters. The first-order chi connectivity index (χ1) is 14.5. The molecule has 1 N–H and O–H groups in total. The Morgan fingerprint density at radius 3 is 2.67 bits per heavy atom. The van der Waals surface area contributed by atoms with E-state index in [1.54, 1.807) is 6.08 Å². The summed E-state index contributed by atoms with van der Waals surface area (Å²) in [5.41, 5.74) is 1.68.